The predicted octanol–water partition coefficient (Wildman–Crippen LogP) is 2.61. The first kappa shape index (κ1) is 22.9. The third-order valence-electron chi connectivity index (χ3n) is 2.60. The number of nitrogens with zero attached hydrogens (tertiary/aromatic N) is 3. The van der Waals surface area contributed by atoms with Gasteiger partial charge in [0.1, 0.15) is 17.7 Å². The second-order valence-electron chi connectivity index (χ2n) is 7.51. The second-order valence-corrected chi connectivity index (χ2v) is 8.67. The van der Waals surface area contributed by atoms with Crippen molar-refractivity contribution >= 4 is 46.6 Å². The van der Waals surface area contributed by atoms with E-state index >= 15 is 0 Å². The van der Waals surface area contributed by atoms with Crippen LogP contribution in [-0.2, 0) is 20.8 Å². The number of anilines is 1. The van der Waals surface area contributed by atoms with Crippen molar-refractivity contribution in [2.24, 2.45) is 0 Å². The highest BCUT2D eigenvalue weighted by molar-refractivity contribution is 14.1. The molecule has 10 nitrogen and oxygen atoms in total. The number of carbonyl (C=O) groups excluding carboxylic acids is 2. The van der Waals surface area contributed by atoms with Gasteiger partial charge in [0.2, 0.25) is 0 Å². The normalized spacial score (nSPS) is 11.7. The molecule has 0 unspecified atom stereocenters. The average Bonchev–Trinajstić information content (AvgIpc) is 2.39. The summed E-state index contributed by atoms with van der Waals surface area (Å²) in [5, 5.41) is 8.84. The lowest BCUT2D eigenvalue weighted by Gasteiger charge is -2.28. The number of aromatic nitrogens is 2. The molecule has 150 valence electrons. The van der Waals surface area contributed by atoms with E-state index in [2.05, 4.69) is 4.98 Å². The van der Waals surface area contributed by atoms with E-state index in [-0.39, 0.29) is 9.39 Å². The highest BCUT2D eigenvalue weighted by Gasteiger charge is 2.35. The van der Waals surface area contributed by atoms with Crippen LogP contribution in [0.5, 0.6) is 0 Å². The quantitative estimate of drug-likeness (QED) is 0.634. The van der Waals surface area contributed by atoms with E-state index in [4.69, 9.17) is 14.6 Å². The first-order valence-corrected chi connectivity index (χ1v) is 8.93. The lowest BCUT2D eigenvalue weighted by molar-refractivity contribution is -0.137. The summed E-state index contributed by atoms with van der Waals surface area (Å²) in [6.07, 6.45) is -0.962. The Balaban J connectivity index is 3.44. The number of carboxylic acid groups (broad SMARTS) is 1. The summed E-state index contributed by atoms with van der Waals surface area (Å²) in [7, 11) is 0. The van der Waals surface area contributed by atoms with Gasteiger partial charge in [0.05, 0.1) is 3.57 Å². The van der Waals surface area contributed by atoms with Gasteiger partial charge in [0, 0.05) is 6.20 Å². The topological polar surface area (TPSA) is 128 Å². The van der Waals surface area contributed by atoms with Gasteiger partial charge in [-0.3, -0.25) is 9.36 Å². The summed E-state index contributed by atoms with van der Waals surface area (Å²) >= 11 is 1.73. The Bertz CT molecular complexity index is 778. The number of hydrogen-bond acceptors (Lipinski definition) is 7. The first-order valence-electron chi connectivity index (χ1n) is 7.85. The van der Waals surface area contributed by atoms with Crippen LogP contribution in [0.1, 0.15) is 41.5 Å². The van der Waals surface area contributed by atoms with Gasteiger partial charge in [-0.25, -0.2) is 14.4 Å². The Kier molecular flexibility index (Phi) is 6.97. The maximum atomic E-state index is 12.6. The van der Waals surface area contributed by atoms with Crippen LogP contribution in [0.4, 0.5) is 15.4 Å². The van der Waals surface area contributed by atoms with E-state index in [0.717, 1.165) is 4.57 Å². The molecular formula is C16H22IN3O7. The van der Waals surface area contributed by atoms with Crippen LogP contribution in [0.3, 0.4) is 0 Å². The minimum absolute atomic E-state index is 0.185. The number of hydrogen-bond donors (Lipinski definition) is 1. The van der Waals surface area contributed by atoms with Crippen molar-refractivity contribution < 1.29 is 29.0 Å². The number of carbonyl (C=O) groups is 3. The van der Waals surface area contributed by atoms with Gasteiger partial charge in [0.15, 0.2) is 5.82 Å². The zero-order valence-electron chi connectivity index (χ0n) is 15.9. The fourth-order valence-electron chi connectivity index (χ4n) is 1.74. The Morgan fingerprint density at radius 3 is 1.93 bits per heavy atom. The van der Waals surface area contributed by atoms with Gasteiger partial charge in [-0.1, -0.05) is 0 Å². The number of aliphatic carboxylic acids is 1. The summed E-state index contributed by atoms with van der Waals surface area (Å²) in [6.45, 7) is 9.06. The maximum Gasteiger partial charge on any atom is 0.425 e. The van der Waals surface area contributed by atoms with Crippen molar-refractivity contribution in [1.29, 1.82) is 0 Å². The van der Waals surface area contributed by atoms with Crippen LogP contribution in [0.15, 0.2) is 11.0 Å². The molecule has 0 saturated carbocycles. The Hall–Kier alpha value is -2.18. The maximum absolute atomic E-state index is 12.6. The van der Waals surface area contributed by atoms with Crippen LogP contribution in [0.25, 0.3) is 0 Å². The number of carboxylic acids is 1. The molecule has 0 saturated heterocycles. The molecule has 1 heterocycles. The molecule has 0 spiro atoms. The van der Waals surface area contributed by atoms with E-state index in [1.54, 1.807) is 64.1 Å². The minimum Gasteiger partial charge on any atom is -0.480 e. The molecule has 0 fully saturated rings. The molecule has 0 bridgehead atoms. The Morgan fingerprint density at radius 2 is 1.56 bits per heavy atom. The molecule has 11 heteroatoms. The molecule has 1 N–H and O–H groups in total. The van der Waals surface area contributed by atoms with Crippen LogP contribution in [-0.4, -0.2) is 44.0 Å². The molecule has 1 aromatic heterocycles. The third kappa shape index (κ3) is 7.15. The highest BCUT2D eigenvalue weighted by atomic mass is 127. The zero-order valence-corrected chi connectivity index (χ0v) is 18.1. The van der Waals surface area contributed by atoms with Gasteiger partial charge < -0.3 is 14.6 Å². The zero-order chi connectivity index (χ0) is 21.2. The number of rotatable bonds is 3. The van der Waals surface area contributed by atoms with Crippen LogP contribution in [0.2, 0.25) is 0 Å². The first-order chi connectivity index (χ1) is 12.1. The van der Waals surface area contributed by atoms with Gasteiger partial charge in [-0.05, 0) is 64.1 Å². The van der Waals surface area contributed by atoms with Crippen molar-refractivity contribution in [1.82, 2.24) is 9.55 Å². The van der Waals surface area contributed by atoms with Crippen molar-refractivity contribution in [2.75, 3.05) is 4.90 Å². The van der Waals surface area contributed by atoms with Crippen LogP contribution >= 0.6 is 22.6 Å². The number of halogens is 1. The van der Waals surface area contributed by atoms with Crippen LogP contribution in [0, 0.1) is 3.57 Å². The van der Waals surface area contributed by atoms with Gasteiger partial charge in [-0.2, -0.15) is 9.88 Å². The Labute approximate surface area is 169 Å². The molecule has 1 rings (SSSR count). The van der Waals surface area contributed by atoms with E-state index in [9.17, 15) is 19.2 Å². The van der Waals surface area contributed by atoms with Crippen molar-refractivity contribution in [2.45, 2.75) is 59.3 Å². The predicted molar refractivity (Wildman–Crippen MR) is 104 cm³/mol. The SMILES string of the molecule is CC(C)(C)OC(=O)N(C(=O)OC(C)(C)C)c1nc(=O)n(CC(=O)O)cc1I. The number of amides is 2. The molecule has 0 aliphatic carbocycles. The molecule has 0 radical (unpaired) electrons. The largest absolute Gasteiger partial charge is 0.480 e. The Morgan fingerprint density at radius 1 is 1.11 bits per heavy atom. The fourth-order valence-corrected chi connectivity index (χ4v) is 2.43. The number of ether oxygens (including phenoxy) is 2. The molecule has 0 aliphatic heterocycles. The average molecular weight is 495 g/mol. The second kappa shape index (κ2) is 8.23. The van der Waals surface area contributed by atoms with E-state index in [1.165, 1.54) is 6.20 Å². The third-order valence-corrected chi connectivity index (χ3v) is 3.36. The van der Waals surface area contributed by atoms with E-state index < -0.39 is 41.6 Å². The van der Waals surface area contributed by atoms with Crippen molar-refractivity contribution in [3.63, 3.8) is 0 Å². The minimum atomic E-state index is -1.24. The monoisotopic (exact) mass is 495 g/mol. The lowest BCUT2D eigenvalue weighted by atomic mass is 10.2. The molecule has 27 heavy (non-hydrogen) atoms. The van der Waals surface area contributed by atoms with Crippen molar-refractivity contribution in [3.05, 3.63) is 20.3 Å². The highest BCUT2D eigenvalue weighted by Crippen LogP contribution is 2.23. The summed E-state index contributed by atoms with van der Waals surface area (Å²) in [5.41, 5.74) is -2.77. The molecule has 2 amide bonds. The summed E-state index contributed by atoms with van der Waals surface area (Å²) in [6, 6.07) is 0. The molecule has 1 aromatic rings. The summed E-state index contributed by atoms with van der Waals surface area (Å²) in [5.74, 6) is -1.54. The summed E-state index contributed by atoms with van der Waals surface area (Å²) in [4.78, 5) is 52.3. The van der Waals surface area contributed by atoms with E-state index in [0.29, 0.717) is 4.90 Å². The number of imide groups is 1. The smallest absolute Gasteiger partial charge is 0.425 e. The molecule has 0 atom stereocenters. The lowest BCUT2D eigenvalue weighted by Crippen LogP contribution is -2.45. The van der Waals surface area contributed by atoms with E-state index in [1.807, 2.05) is 0 Å². The standard InChI is InChI=1S/C16H22IN3O7/c1-15(2,3)26-13(24)20(14(25)27-16(4,5)6)11-9(17)7-19(8-10(21)22)12(23)18-11/h7H,8H2,1-6H3,(H,21,22). The fraction of sp³-hybridized carbons (Fsp3) is 0.562. The van der Waals surface area contributed by atoms with Gasteiger partial charge in [-0.15, -0.1) is 0 Å². The summed E-state index contributed by atoms with van der Waals surface area (Å²) < 4.78 is 11.5. The van der Waals surface area contributed by atoms with Crippen LogP contribution < -0.4 is 10.6 Å². The van der Waals surface area contributed by atoms with Gasteiger partial charge in [0.25, 0.3) is 0 Å². The molecular weight excluding hydrogens is 473 g/mol. The molecule has 0 aromatic carbocycles. The molecule has 0 aliphatic rings. The van der Waals surface area contributed by atoms with Gasteiger partial charge >= 0.3 is 23.8 Å². The van der Waals surface area contributed by atoms with Crippen molar-refractivity contribution in [3.8, 4) is 0 Å².